The molecule has 26 heavy (non-hydrogen) atoms. The molecule has 2 aromatic heterocycles. The summed E-state index contributed by atoms with van der Waals surface area (Å²) < 4.78 is 6.25. The minimum atomic E-state index is -0.999. The fourth-order valence-electron chi connectivity index (χ4n) is 2.37. The third kappa shape index (κ3) is 3.65. The number of hydrogen-bond acceptors (Lipinski definition) is 6. The minimum absolute atomic E-state index is 0.185. The van der Waals surface area contributed by atoms with Crippen molar-refractivity contribution >= 4 is 38.6 Å². The summed E-state index contributed by atoms with van der Waals surface area (Å²) in [5.41, 5.74) is 1.22. The van der Waals surface area contributed by atoms with Crippen LogP contribution in [0, 0.1) is 5.92 Å². The fraction of sp³-hybridized carbons (Fsp3) is 0.222. The predicted octanol–water partition coefficient (Wildman–Crippen LogP) is 3.43. The van der Waals surface area contributed by atoms with E-state index in [2.05, 4.69) is 15.3 Å². The lowest BCUT2D eigenvalue weighted by Gasteiger charge is -2.05. The highest BCUT2D eigenvalue weighted by atomic mass is 32.1. The Hall–Kier alpha value is -3.00. The van der Waals surface area contributed by atoms with E-state index in [1.54, 1.807) is 24.3 Å². The number of carboxylic acid groups (broad SMARTS) is 1. The number of thiazole rings is 1. The molecule has 1 amide bonds. The fourth-order valence-corrected chi connectivity index (χ4v) is 3.27. The first-order valence-electron chi connectivity index (χ1n) is 8.12. The lowest BCUT2D eigenvalue weighted by atomic mass is 10.2. The van der Waals surface area contributed by atoms with Crippen LogP contribution in [0.25, 0.3) is 10.2 Å². The van der Waals surface area contributed by atoms with Gasteiger partial charge in [-0.25, -0.2) is 14.8 Å². The number of ether oxygens (including phenoxy) is 1. The first-order valence-corrected chi connectivity index (χ1v) is 8.94. The summed E-state index contributed by atoms with van der Waals surface area (Å²) in [5, 5.41) is 12.2. The molecule has 0 saturated heterocycles. The Kier molecular flexibility index (Phi) is 4.26. The lowest BCUT2D eigenvalue weighted by Crippen LogP contribution is -2.12. The van der Waals surface area contributed by atoms with Gasteiger partial charge in [-0.2, -0.15) is 0 Å². The zero-order valence-electron chi connectivity index (χ0n) is 13.6. The summed E-state index contributed by atoms with van der Waals surface area (Å²) in [7, 11) is 0. The molecule has 0 bridgehead atoms. The summed E-state index contributed by atoms with van der Waals surface area (Å²) in [4.78, 5) is 31.8. The molecule has 2 heterocycles. The smallest absolute Gasteiger partial charge is 0.335 e. The molecule has 0 aliphatic heterocycles. The number of nitrogens with one attached hydrogen (secondary N) is 1. The first kappa shape index (κ1) is 16.5. The summed E-state index contributed by atoms with van der Waals surface area (Å²) in [6, 6.07) is 7.98. The molecule has 2 N–H and O–H groups in total. The highest BCUT2D eigenvalue weighted by molar-refractivity contribution is 7.22. The maximum absolute atomic E-state index is 12.3. The number of carbonyl (C=O) groups is 2. The van der Waals surface area contributed by atoms with Crippen molar-refractivity contribution < 1.29 is 19.4 Å². The van der Waals surface area contributed by atoms with Gasteiger partial charge in [0.05, 0.1) is 28.0 Å². The van der Waals surface area contributed by atoms with Gasteiger partial charge in [0.15, 0.2) is 5.13 Å². The van der Waals surface area contributed by atoms with Crippen LogP contribution in [0.4, 0.5) is 5.13 Å². The van der Waals surface area contributed by atoms with Crippen molar-refractivity contribution in [2.24, 2.45) is 5.92 Å². The number of rotatable bonds is 6. The zero-order chi connectivity index (χ0) is 18.1. The van der Waals surface area contributed by atoms with Gasteiger partial charge >= 0.3 is 5.97 Å². The van der Waals surface area contributed by atoms with E-state index >= 15 is 0 Å². The second kappa shape index (κ2) is 6.72. The summed E-state index contributed by atoms with van der Waals surface area (Å²) in [6.07, 6.45) is 3.88. The Labute approximate surface area is 152 Å². The van der Waals surface area contributed by atoms with E-state index in [0.29, 0.717) is 39.3 Å². The van der Waals surface area contributed by atoms with Gasteiger partial charge in [-0.3, -0.25) is 10.1 Å². The van der Waals surface area contributed by atoms with Gasteiger partial charge in [-0.1, -0.05) is 11.3 Å². The van der Waals surface area contributed by atoms with Crippen LogP contribution in [0.15, 0.2) is 36.5 Å². The summed E-state index contributed by atoms with van der Waals surface area (Å²) in [6.45, 7) is 0.669. The number of aromatic nitrogens is 2. The van der Waals surface area contributed by atoms with Gasteiger partial charge < -0.3 is 9.84 Å². The van der Waals surface area contributed by atoms with E-state index in [9.17, 15) is 9.59 Å². The molecule has 1 fully saturated rings. The number of hydrogen-bond donors (Lipinski definition) is 2. The van der Waals surface area contributed by atoms with Crippen LogP contribution in [0.2, 0.25) is 0 Å². The van der Waals surface area contributed by atoms with Gasteiger partial charge in [0.1, 0.15) is 0 Å². The van der Waals surface area contributed by atoms with Gasteiger partial charge in [-0.15, -0.1) is 0 Å². The average molecular weight is 369 g/mol. The van der Waals surface area contributed by atoms with Crippen LogP contribution in [0.5, 0.6) is 5.88 Å². The highest BCUT2D eigenvalue weighted by Gasteiger charge is 2.22. The van der Waals surface area contributed by atoms with Crippen molar-refractivity contribution in [3.8, 4) is 5.88 Å². The normalized spacial score (nSPS) is 13.5. The first-order chi connectivity index (χ1) is 12.6. The monoisotopic (exact) mass is 369 g/mol. The maximum Gasteiger partial charge on any atom is 0.335 e. The van der Waals surface area contributed by atoms with Crippen molar-refractivity contribution in [2.75, 3.05) is 11.9 Å². The number of amides is 1. The largest absolute Gasteiger partial charge is 0.478 e. The third-order valence-corrected chi connectivity index (χ3v) is 4.95. The third-order valence-electron chi connectivity index (χ3n) is 4.02. The van der Waals surface area contributed by atoms with Crippen molar-refractivity contribution in [1.29, 1.82) is 0 Å². The molecule has 3 aromatic rings. The number of carboxylic acids is 1. The standard InChI is InChI=1S/C18H15N3O4S/c22-16(12-4-6-15(19-8-12)25-9-10-1-2-10)21-18-20-13-5-3-11(17(23)24)7-14(13)26-18/h3-8,10H,1-2,9H2,(H,23,24)(H,20,21,22). The Morgan fingerprint density at radius 3 is 2.73 bits per heavy atom. The highest BCUT2D eigenvalue weighted by Crippen LogP contribution is 2.29. The summed E-state index contributed by atoms with van der Waals surface area (Å²) >= 11 is 1.22. The summed E-state index contributed by atoms with van der Waals surface area (Å²) in [5.74, 6) is -0.181. The molecular weight excluding hydrogens is 354 g/mol. The topological polar surface area (TPSA) is 101 Å². The number of nitrogens with zero attached hydrogens (tertiary/aromatic N) is 2. The Bertz CT molecular complexity index is 980. The predicted molar refractivity (Wildman–Crippen MR) is 97.0 cm³/mol. The second-order valence-electron chi connectivity index (χ2n) is 6.10. The molecule has 0 atom stereocenters. The van der Waals surface area contributed by atoms with Crippen LogP contribution in [0.1, 0.15) is 33.6 Å². The maximum atomic E-state index is 12.3. The Morgan fingerprint density at radius 2 is 2.04 bits per heavy atom. The van der Waals surface area contributed by atoms with E-state index in [4.69, 9.17) is 9.84 Å². The molecular formula is C18H15N3O4S. The van der Waals surface area contributed by atoms with E-state index in [1.165, 1.54) is 36.4 Å². The van der Waals surface area contributed by atoms with Crippen LogP contribution in [-0.4, -0.2) is 33.6 Å². The SMILES string of the molecule is O=C(O)c1ccc2nc(NC(=O)c3ccc(OCC4CC4)nc3)sc2c1. The molecule has 0 radical (unpaired) electrons. The number of anilines is 1. The van der Waals surface area contributed by atoms with E-state index < -0.39 is 5.97 Å². The van der Waals surface area contributed by atoms with Crippen LogP contribution < -0.4 is 10.1 Å². The Balaban J connectivity index is 1.45. The van der Waals surface area contributed by atoms with Crippen molar-refractivity contribution in [3.63, 3.8) is 0 Å². The molecule has 1 saturated carbocycles. The van der Waals surface area contributed by atoms with Crippen molar-refractivity contribution in [2.45, 2.75) is 12.8 Å². The van der Waals surface area contributed by atoms with Gasteiger partial charge in [0.25, 0.3) is 5.91 Å². The number of fused-ring (bicyclic) bond motifs is 1. The van der Waals surface area contributed by atoms with Gasteiger partial charge in [-0.05, 0) is 43.0 Å². The van der Waals surface area contributed by atoms with E-state index in [0.717, 1.165) is 0 Å². The molecule has 1 aromatic carbocycles. The average Bonchev–Trinajstić information content (AvgIpc) is 3.38. The van der Waals surface area contributed by atoms with Crippen LogP contribution in [0.3, 0.4) is 0 Å². The minimum Gasteiger partial charge on any atom is -0.478 e. The zero-order valence-corrected chi connectivity index (χ0v) is 14.5. The van der Waals surface area contributed by atoms with Crippen molar-refractivity contribution in [3.05, 3.63) is 47.7 Å². The molecule has 0 spiro atoms. The van der Waals surface area contributed by atoms with Gasteiger partial charge in [0, 0.05) is 12.3 Å². The molecule has 132 valence electrons. The number of aromatic carboxylic acids is 1. The lowest BCUT2D eigenvalue weighted by molar-refractivity contribution is 0.0697. The Morgan fingerprint density at radius 1 is 1.23 bits per heavy atom. The quantitative estimate of drug-likeness (QED) is 0.690. The molecule has 8 heteroatoms. The molecule has 1 aliphatic carbocycles. The van der Waals surface area contributed by atoms with Crippen LogP contribution in [-0.2, 0) is 0 Å². The van der Waals surface area contributed by atoms with Crippen molar-refractivity contribution in [1.82, 2.24) is 9.97 Å². The molecule has 7 nitrogen and oxygen atoms in total. The molecule has 4 rings (SSSR count). The number of benzene rings is 1. The number of pyridine rings is 1. The number of carbonyl (C=O) groups excluding carboxylic acids is 1. The van der Waals surface area contributed by atoms with Gasteiger partial charge in [0.2, 0.25) is 5.88 Å². The molecule has 0 unspecified atom stereocenters. The van der Waals surface area contributed by atoms with E-state index in [1.807, 2.05) is 0 Å². The van der Waals surface area contributed by atoms with Crippen LogP contribution >= 0.6 is 11.3 Å². The molecule has 1 aliphatic rings. The second-order valence-corrected chi connectivity index (χ2v) is 7.13. The van der Waals surface area contributed by atoms with E-state index in [-0.39, 0.29) is 11.5 Å².